The zero-order chi connectivity index (χ0) is 21.1. The van der Waals surface area contributed by atoms with Crippen molar-refractivity contribution in [3.05, 3.63) is 71.8 Å². The summed E-state index contributed by atoms with van der Waals surface area (Å²) in [6, 6.07) is 20.2. The summed E-state index contributed by atoms with van der Waals surface area (Å²) in [4.78, 5) is 0. The summed E-state index contributed by atoms with van der Waals surface area (Å²) in [5.74, 6) is 1.42. The maximum atomic E-state index is 6.91. The Bertz CT molecular complexity index is 903. The van der Waals surface area contributed by atoms with Crippen LogP contribution < -0.4 is 0 Å². The molecule has 0 atom stereocenters. The van der Waals surface area contributed by atoms with Crippen LogP contribution >= 0.6 is 7.59 Å². The summed E-state index contributed by atoms with van der Waals surface area (Å²) in [6.45, 7) is 8.55. The van der Waals surface area contributed by atoms with E-state index >= 15 is 0 Å². The van der Waals surface area contributed by atoms with Gasteiger partial charge in [-0.25, -0.2) is 0 Å². The van der Waals surface area contributed by atoms with Gasteiger partial charge in [-0.15, -0.1) is 0 Å². The Morgan fingerprint density at radius 1 is 0.759 bits per heavy atom. The second kappa shape index (κ2) is 6.29. The zero-order valence-corrected chi connectivity index (χ0v) is 19.2. The van der Waals surface area contributed by atoms with Gasteiger partial charge < -0.3 is 0 Å². The molecule has 1 saturated heterocycles. The van der Waals surface area contributed by atoms with Crippen molar-refractivity contribution in [2.75, 3.05) is 21.1 Å². The predicted octanol–water partition coefficient (Wildman–Crippen LogP) is 5.77. The molecular weight excluding hydrogens is 383 g/mol. The van der Waals surface area contributed by atoms with Crippen molar-refractivity contribution in [3.8, 4) is 0 Å². The Labute approximate surface area is 174 Å². The molecule has 2 aromatic carbocycles. The van der Waals surface area contributed by atoms with E-state index in [4.69, 9.17) is 13.6 Å². The van der Waals surface area contributed by atoms with Gasteiger partial charge in [0.05, 0.1) is 0 Å². The first-order valence-corrected chi connectivity index (χ1v) is 11.8. The fourth-order valence-electron chi connectivity index (χ4n) is 4.00. The fraction of sp³-hybridized carbons (Fsp3) is 0.391. The number of hydrogen-bond donors (Lipinski definition) is 0. The summed E-state index contributed by atoms with van der Waals surface area (Å²) in [5.41, 5.74) is 1.13. The van der Waals surface area contributed by atoms with Gasteiger partial charge in [-0.2, -0.15) is 0 Å². The van der Waals surface area contributed by atoms with Crippen molar-refractivity contribution >= 4 is 19.1 Å². The normalized spacial score (nSPS) is 25.4. The first kappa shape index (κ1) is 20.4. The number of hydrogen-bond acceptors (Lipinski definition) is 5. The topological polar surface area (TPSA) is 34.2 Å². The molecule has 2 aliphatic rings. The molecule has 6 heteroatoms. The SMILES string of the molecule is CN(C)P12(OC(c3ccccc3)=C(c3ccccc3)O1)OC(C)(C)C(C)(C)N2C. The molecule has 0 radical (unpaired) electrons. The van der Waals surface area contributed by atoms with Crippen LogP contribution in [-0.4, -0.2) is 41.6 Å². The van der Waals surface area contributed by atoms with Crippen LogP contribution in [0.1, 0.15) is 38.8 Å². The molecule has 1 spiro atoms. The van der Waals surface area contributed by atoms with Gasteiger partial charge in [-0.05, 0) is 0 Å². The monoisotopic (exact) mass is 414 g/mol. The van der Waals surface area contributed by atoms with Gasteiger partial charge in [-0.3, -0.25) is 0 Å². The van der Waals surface area contributed by atoms with E-state index in [1.807, 2.05) is 86.5 Å². The number of nitrogens with zero attached hydrogens (tertiary/aromatic N) is 2. The summed E-state index contributed by atoms with van der Waals surface area (Å²) in [6.07, 6.45) is 0. The summed E-state index contributed by atoms with van der Waals surface area (Å²) < 4.78 is 24.9. The predicted molar refractivity (Wildman–Crippen MR) is 119 cm³/mol. The quantitative estimate of drug-likeness (QED) is 0.596. The molecule has 1 fully saturated rings. The van der Waals surface area contributed by atoms with E-state index in [1.54, 1.807) is 0 Å². The van der Waals surface area contributed by atoms with Crippen LogP contribution in [-0.2, 0) is 13.6 Å². The summed E-state index contributed by atoms with van der Waals surface area (Å²) in [7, 11) is 2.12. The molecule has 5 nitrogen and oxygen atoms in total. The minimum absolute atomic E-state index is 0.316. The van der Waals surface area contributed by atoms with Crippen LogP contribution in [0.4, 0.5) is 0 Å². The standard InChI is InChI=1S/C23H31N2O3P/c1-22(2)23(3,4)28-29(24(5)6,25(22)7)26-20(18-14-10-8-11-15-18)21(27-29)19-16-12-9-13-17-19/h8-17H,1-7H3. The van der Waals surface area contributed by atoms with E-state index < -0.39 is 13.2 Å². The molecule has 2 aromatic rings. The van der Waals surface area contributed by atoms with Crippen molar-refractivity contribution < 1.29 is 13.6 Å². The van der Waals surface area contributed by atoms with Gasteiger partial charge in [0.15, 0.2) is 0 Å². The average Bonchev–Trinajstić information content (AvgIpc) is 3.11. The molecule has 29 heavy (non-hydrogen) atoms. The first-order chi connectivity index (χ1) is 13.5. The van der Waals surface area contributed by atoms with Crippen LogP contribution in [0.3, 0.4) is 0 Å². The number of rotatable bonds is 3. The zero-order valence-electron chi connectivity index (χ0n) is 18.3. The molecule has 0 N–H and O–H groups in total. The van der Waals surface area contributed by atoms with E-state index in [2.05, 4.69) is 32.4 Å². The summed E-state index contributed by atoms with van der Waals surface area (Å²) in [5, 5.41) is 0. The average molecular weight is 414 g/mol. The Morgan fingerprint density at radius 3 is 1.48 bits per heavy atom. The minimum atomic E-state index is -3.88. The van der Waals surface area contributed by atoms with Crippen LogP contribution in [0.15, 0.2) is 60.7 Å². The van der Waals surface area contributed by atoms with Crippen molar-refractivity contribution in [2.45, 2.75) is 38.8 Å². The van der Waals surface area contributed by atoms with E-state index in [0.29, 0.717) is 11.5 Å². The van der Waals surface area contributed by atoms with E-state index in [0.717, 1.165) is 11.1 Å². The van der Waals surface area contributed by atoms with Crippen LogP contribution in [0, 0.1) is 0 Å². The first-order valence-electron chi connectivity index (χ1n) is 9.95. The van der Waals surface area contributed by atoms with Crippen molar-refractivity contribution in [3.63, 3.8) is 0 Å². The molecule has 0 aromatic heterocycles. The molecule has 0 amide bonds. The molecule has 4 rings (SSSR count). The summed E-state index contributed by atoms with van der Waals surface area (Å²) >= 11 is 0. The third kappa shape index (κ3) is 2.62. The Hall–Kier alpha value is -1.91. The number of likely N-dealkylation sites (N-methyl/N-ethyl adjacent to an activating group) is 1. The second-order valence-corrected chi connectivity index (χ2v) is 12.5. The Kier molecular flexibility index (Phi) is 4.42. The van der Waals surface area contributed by atoms with Gasteiger partial charge in [-0.1, -0.05) is 0 Å². The molecule has 0 saturated carbocycles. The van der Waals surface area contributed by atoms with Gasteiger partial charge in [0.25, 0.3) is 0 Å². The Morgan fingerprint density at radius 2 is 1.17 bits per heavy atom. The maximum absolute atomic E-state index is 6.91. The van der Waals surface area contributed by atoms with E-state index in [1.165, 1.54) is 0 Å². The molecule has 0 aliphatic carbocycles. The third-order valence-corrected chi connectivity index (χ3v) is 11.2. The van der Waals surface area contributed by atoms with Crippen molar-refractivity contribution in [1.82, 2.24) is 9.34 Å². The molecule has 156 valence electrons. The molecule has 2 aliphatic heterocycles. The van der Waals surface area contributed by atoms with Crippen molar-refractivity contribution in [2.24, 2.45) is 0 Å². The van der Waals surface area contributed by atoms with Crippen LogP contribution in [0.5, 0.6) is 0 Å². The molecular formula is C23H31N2O3P. The number of benzene rings is 2. The van der Waals surface area contributed by atoms with E-state index in [-0.39, 0.29) is 5.54 Å². The van der Waals surface area contributed by atoms with Gasteiger partial charge in [0.2, 0.25) is 0 Å². The second-order valence-electron chi connectivity index (χ2n) is 8.91. The molecule has 0 unspecified atom stereocenters. The molecule has 0 bridgehead atoms. The van der Waals surface area contributed by atoms with Crippen LogP contribution in [0.2, 0.25) is 0 Å². The van der Waals surface area contributed by atoms with Crippen molar-refractivity contribution in [1.29, 1.82) is 0 Å². The van der Waals surface area contributed by atoms with Gasteiger partial charge in [0.1, 0.15) is 0 Å². The van der Waals surface area contributed by atoms with Gasteiger partial charge in [0, 0.05) is 0 Å². The third-order valence-electron chi connectivity index (χ3n) is 6.61. The van der Waals surface area contributed by atoms with Gasteiger partial charge >= 0.3 is 174 Å². The van der Waals surface area contributed by atoms with Crippen LogP contribution in [0.25, 0.3) is 11.5 Å². The molecule has 2 heterocycles. The van der Waals surface area contributed by atoms with E-state index in [9.17, 15) is 0 Å². The fourth-order valence-corrected chi connectivity index (χ4v) is 8.59. The Balaban J connectivity index is 1.96.